The Bertz CT molecular complexity index is 563. The SMILES string of the molecule is Cc1nc2c(C3CC(CN)CN3C)cccc2s1. The summed E-state index contributed by atoms with van der Waals surface area (Å²) in [5.74, 6) is 0.620. The Morgan fingerprint density at radius 1 is 1.50 bits per heavy atom. The number of hydrogen-bond acceptors (Lipinski definition) is 4. The Morgan fingerprint density at radius 3 is 3.06 bits per heavy atom. The van der Waals surface area contributed by atoms with Crippen molar-refractivity contribution in [1.82, 2.24) is 9.88 Å². The quantitative estimate of drug-likeness (QED) is 0.903. The van der Waals surface area contributed by atoms with E-state index in [1.54, 1.807) is 11.3 Å². The van der Waals surface area contributed by atoms with Gasteiger partial charge in [0.1, 0.15) is 0 Å². The third-order valence-corrected chi connectivity index (χ3v) is 4.82. The van der Waals surface area contributed by atoms with Gasteiger partial charge in [0.25, 0.3) is 0 Å². The molecule has 18 heavy (non-hydrogen) atoms. The number of aromatic nitrogens is 1. The van der Waals surface area contributed by atoms with Gasteiger partial charge in [-0.05, 0) is 44.5 Å². The maximum Gasteiger partial charge on any atom is 0.0907 e. The van der Waals surface area contributed by atoms with Crippen LogP contribution >= 0.6 is 11.3 Å². The third kappa shape index (κ3) is 1.94. The van der Waals surface area contributed by atoms with Gasteiger partial charge < -0.3 is 5.73 Å². The molecule has 2 unspecified atom stereocenters. The number of aryl methyl sites for hydroxylation is 1. The average Bonchev–Trinajstić information content (AvgIpc) is 2.90. The van der Waals surface area contributed by atoms with E-state index in [9.17, 15) is 0 Å². The van der Waals surface area contributed by atoms with Crippen molar-refractivity contribution >= 4 is 21.6 Å². The average molecular weight is 261 g/mol. The fraction of sp³-hybridized carbons (Fsp3) is 0.500. The molecule has 1 saturated heterocycles. The van der Waals surface area contributed by atoms with Crippen molar-refractivity contribution in [1.29, 1.82) is 0 Å². The lowest BCUT2D eigenvalue weighted by molar-refractivity contribution is 0.315. The summed E-state index contributed by atoms with van der Waals surface area (Å²) in [5, 5.41) is 1.15. The highest BCUT2D eigenvalue weighted by Gasteiger charge is 2.31. The molecule has 0 saturated carbocycles. The number of hydrogen-bond donors (Lipinski definition) is 1. The summed E-state index contributed by atoms with van der Waals surface area (Å²) in [4.78, 5) is 7.12. The van der Waals surface area contributed by atoms with E-state index in [1.807, 2.05) is 0 Å². The topological polar surface area (TPSA) is 42.1 Å². The van der Waals surface area contributed by atoms with Gasteiger partial charge in [-0.3, -0.25) is 4.90 Å². The molecule has 1 aromatic carbocycles. The number of nitrogens with two attached hydrogens (primary N) is 1. The zero-order valence-corrected chi connectivity index (χ0v) is 11.7. The predicted octanol–water partition coefficient (Wildman–Crippen LogP) is 2.56. The molecule has 3 nitrogen and oxygen atoms in total. The second-order valence-electron chi connectivity index (χ2n) is 5.22. The lowest BCUT2D eigenvalue weighted by Crippen LogP contribution is -2.20. The zero-order chi connectivity index (χ0) is 12.7. The van der Waals surface area contributed by atoms with E-state index in [2.05, 4.69) is 37.1 Å². The van der Waals surface area contributed by atoms with Crippen LogP contribution < -0.4 is 5.73 Å². The van der Waals surface area contributed by atoms with Crippen LogP contribution in [0.25, 0.3) is 10.2 Å². The second kappa shape index (κ2) is 4.61. The number of para-hydroxylation sites is 1. The molecule has 2 atom stereocenters. The minimum atomic E-state index is 0.476. The highest BCUT2D eigenvalue weighted by molar-refractivity contribution is 7.18. The van der Waals surface area contributed by atoms with Crippen LogP contribution in [0.3, 0.4) is 0 Å². The minimum absolute atomic E-state index is 0.476. The van der Waals surface area contributed by atoms with Gasteiger partial charge in [-0.15, -0.1) is 11.3 Å². The predicted molar refractivity (Wildman–Crippen MR) is 76.9 cm³/mol. The van der Waals surface area contributed by atoms with Gasteiger partial charge in [0, 0.05) is 12.6 Å². The van der Waals surface area contributed by atoms with E-state index in [-0.39, 0.29) is 0 Å². The van der Waals surface area contributed by atoms with Crippen molar-refractivity contribution < 1.29 is 0 Å². The fourth-order valence-electron chi connectivity index (χ4n) is 2.99. The second-order valence-corrected chi connectivity index (χ2v) is 6.45. The van der Waals surface area contributed by atoms with Gasteiger partial charge in [0.2, 0.25) is 0 Å². The molecule has 2 N–H and O–H groups in total. The maximum absolute atomic E-state index is 5.81. The van der Waals surface area contributed by atoms with Crippen LogP contribution in [0.1, 0.15) is 23.0 Å². The highest BCUT2D eigenvalue weighted by Crippen LogP contribution is 2.37. The van der Waals surface area contributed by atoms with Crippen LogP contribution in [0.15, 0.2) is 18.2 Å². The Morgan fingerprint density at radius 2 is 2.33 bits per heavy atom. The van der Waals surface area contributed by atoms with E-state index >= 15 is 0 Å². The molecule has 0 amide bonds. The molecule has 2 heterocycles. The fourth-order valence-corrected chi connectivity index (χ4v) is 3.85. The monoisotopic (exact) mass is 261 g/mol. The lowest BCUT2D eigenvalue weighted by Gasteiger charge is -2.19. The summed E-state index contributed by atoms with van der Waals surface area (Å²) in [6, 6.07) is 7.02. The summed E-state index contributed by atoms with van der Waals surface area (Å²) in [6.45, 7) is 3.96. The smallest absolute Gasteiger partial charge is 0.0907 e. The molecule has 1 aliphatic rings. The first-order valence-corrected chi connectivity index (χ1v) is 7.27. The van der Waals surface area contributed by atoms with Gasteiger partial charge in [-0.25, -0.2) is 4.98 Å². The van der Waals surface area contributed by atoms with Crippen molar-refractivity contribution in [2.24, 2.45) is 11.7 Å². The Labute approximate surface area is 112 Å². The summed E-state index contributed by atoms with van der Waals surface area (Å²) in [5.41, 5.74) is 8.37. The summed E-state index contributed by atoms with van der Waals surface area (Å²) >= 11 is 1.78. The molecule has 0 radical (unpaired) electrons. The number of fused-ring (bicyclic) bond motifs is 1. The van der Waals surface area contributed by atoms with Gasteiger partial charge in [0.05, 0.1) is 15.2 Å². The number of thiazole rings is 1. The largest absolute Gasteiger partial charge is 0.330 e. The molecule has 4 heteroatoms. The van der Waals surface area contributed by atoms with Gasteiger partial charge in [-0.1, -0.05) is 12.1 Å². The first-order valence-electron chi connectivity index (χ1n) is 6.45. The van der Waals surface area contributed by atoms with Gasteiger partial charge >= 0.3 is 0 Å². The molecular formula is C14H19N3S. The molecule has 2 aromatic rings. The minimum Gasteiger partial charge on any atom is -0.330 e. The molecule has 1 aliphatic heterocycles. The van der Waals surface area contributed by atoms with E-state index < -0.39 is 0 Å². The summed E-state index contributed by atoms with van der Waals surface area (Å²) in [6.07, 6.45) is 1.16. The first-order chi connectivity index (χ1) is 8.69. The molecule has 0 aliphatic carbocycles. The molecule has 96 valence electrons. The van der Waals surface area contributed by atoms with Crippen LogP contribution in [0, 0.1) is 12.8 Å². The van der Waals surface area contributed by atoms with Crippen LogP contribution in [0.5, 0.6) is 0 Å². The van der Waals surface area contributed by atoms with Gasteiger partial charge in [-0.2, -0.15) is 0 Å². The number of benzene rings is 1. The highest BCUT2D eigenvalue weighted by atomic mass is 32.1. The van der Waals surface area contributed by atoms with E-state index in [1.165, 1.54) is 15.8 Å². The molecule has 1 fully saturated rings. The normalized spacial score (nSPS) is 25.1. The Balaban J connectivity index is 2.04. The van der Waals surface area contributed by atoms with Crippen LogP contribution in [-0.2, 0) is 0 Å². The number of nitrogens with zero attached hydrogens (tertiary/aromatic N) is 2. The van der Waals surface area contributed by atoms with E-state index in [4.69, 9.17) is 10.7 Å². The van der Waals surface area contributed by atoms with Crippen molar-refractivity contribution in [3.8, 4) is 0 Å². The van der Waals surface area contributed by atoms with Crippen LogP contribution in [0.2, 0.25) is 0 Å². The first kappa shape index (κ1) is 12.1. The van der Waals surface area contributed by atoms with Crippen molar-refractivity contribution in [3.63, 3.8) is 0 Å². The molecule has 3 rings (SSSR count). The van der Waals surface area contributed by atoms with E-state index in [0.29, 0.717) is 12.0 Å². The number of likely N-dealkylation sites (tertiary alicyclic amines) is 1. The summed E-state index contributed by atoms with van der Waals surface area (Å²) in [7, 11) is 2.19. The Kier molecular flexibility index (Phi) is 3.09. The molecule has 0 spiro atoms. The standard InChI is InChI=1S/C14H19N3S/c1-9-16-14-11(4-3-5-13(14)18-9)12-6-10(7-15)8-17(12)2/h3-5,10,12H,6-8,15H2,1-2H3. The molecular weight excluding hydrogens is 242 g/mol. The van der Waals surface area contributed by atoms with Crippen molar-refractivity contribution in [3.05, 3.63) is 28.8 Å². The maximum atomic E-state index is 5.81. The molecule has 0 bridgehead atoms. The van der Waals surface area contributed by atoms with Crippen molar-refractivity contribution in [2.45, 2.75) is 19.4 Å². The van der Waals surface area contributed by atoms with Crippen molar-refractivity contribution in [2.75, 3.05) is 20.1 Å². The summed E-state index contributed by atoms with van der Waals surface area (Å²) < 4.78 is 1.30. The van der Waals surface area contributed by atoms with Crippen LogP contribution in [0.4, 0.5) is 0 Å². The zero-order valence-electron chi connectivity index (χ0n) is 10.9. The van der Waals surface area contributed by atoms with E-state index in [0.717, 1.165) is 24.5 Å². The van der Waals surface area contributed by atoms with Crippen LogP contribution in [-0.4, -0.2) is 30.0 Å². The molecule has 1 aromatic heterocycles. The third-order valence-electron chi connectivity index (χ3n) is 3.88. The number of rotatable bonds is 2. The van der Waals surface area contributed by atoms with Gasteiger partial charge in [0.15, 0.2) is 0 Å². The lowest BCUT2D eigenvalue weighted by atomic mass is 9.99. The Hall–Kier alpha value is -0.970.